The molecule has 0 atom stereocenters. The van der Waals surface area contributed by atoms with Crippen molar-refractivity contribution >= 4 is 23.6 Å². The Morgan fingerprint density at radius 3 is 2.67 bits per heavy atom. The quantitative estimate of drug-likeness (QED) is 0.356. The molecule has 0 radical (unpaired) electrons. The second kappa shape index (κ2) is 11.7. The van der Waals surface area contributed by atoms with Crippen LogP contribution in [0.4, 0.5) is 4.39 Å². The molecule has 7 heteroatoms. The van der Waals surface area contributed by atoms with E-state index in [4.69, 9.17) is 4.74 Å². The molecule has 0 bridgehead atoms. The highest BCUT2D eigenvalue weighted by atomic mass is 32.2. The van der Waals surface area contributed by atoms with Gasteiger partial charge >= 0.3 is 5.97 Å². The number of esters is 1. The minimum absolute atomic E-state index is 0.321. The Hall–Kier alpha value is -3.19. The van der Waals surface area contributed by atoms with Gasteiger partial charge in [0.05, 0.1) is 23.3 Å². The Morgan fingerprint density at radius 2 is 2.00 bits per heavy atom. The molecule has 5 nitrogen and oxygen atoms in total. The van der Waals surface area contributed by atoms with E-state index in [1.54, 1.807) is 50.3 Å². The van der Waals surface area contributed by atoms with Crippen LogP contribution in [0.2, 0.25) is 0 Å². The number of carbonyl (C=O) groups is 2. The zero-order valence-electron chi connectivity index (χ0n) is 17.0. The number of rotatable bonds is 8. The second-order valence-corrected chi connectivity index (χ2v) is 7.22. The molecule has 0 unspecified atom stereocenters. The molecule has 1 amide bonds. The largest absolute Gasteiger partial charge is 0.465 e. The van der Waals surface area contributed by atoms with Crippen molar-refractivity contribution in [2.24, 2.45) is 0 Å². The lowest BCUT2D eigenvalue weighted by Crippen LogP contribution is -2.21. The Kier molecular flexibility index (Phi) is 9.03. The number of hydrogen-bond acceptors (Lipinski definition) is 5. The molecule has 0 aliphatic carbocycles. The Balaban J connectivity index is 1.95. The summed E-state index contributed by atoms with van der Waals surface area (Å²) >= 11 is 1.49. The maximum atomic E-state index is 13.3. The number of ether oxygens (including phenoxy) is 1. The van der Waals surface area contributed by atoms with Crippen LogP contribution in [0.3, 0.4) is 0 Å². The molecule has 0 spiro atoms. The van der Waals surface area contributed by atoms with Crippen LogP contribution in [0.15, 0.2) is 83.4 Å². The Morgan fingerprint density at radius 1 is 1.20 bits per heavy atom. The number of nitrogens with zero attached hydrogens (tertiary/aromatic N) is 1. The summed E-state index contributed by atoms with van der Waals surface area (Å²) in [5.41, 5.74) is 2.38. The lowest BCUT2D eigenvalue weighted by atomic mass is 10.1. The zero-order chi connectivity index (χ0) is 21.9. The van der Waals surface area contributed by atoms with E-state index in [1.807, 2.05) is 6.07 Å². The standard InChI is InChI=1S/C23H23FN2O3S/c1-4-6-20(24)11-9-16(2)26-22(27)19-10-12-21(25-14-19)30-15-17-7-5-8-18(13-17)23(28)29-3/h4-14H,15H2,1-3H3,(H,26,27)/b6-4-,16-9+,20-11+. The van der Waals surface area contributed by atoms with Crippen molar-refractivity contribution in [3.8, 4) is 0 Å². The first-order valence-corrected chi connectivity index (χ1v) is 10.2. The van der Waals surface area contributed by atoms with Crippen molar-refractivity contribution in [3.63, 3.8) is 0 Å². The highest BCUT2D eigenvalue weighted by molar-refractivity contribution is 7.98. The van der Waals surface area contributed by atoms with Crippen molar-refractivity contribution in [3.05, 3.63) is 95.1 Å². The first-order valence-electron chi connectivity index (χ1n) is 9.17. The van der Waals surface area contributed by atoms with Crippen LogP contribution < -0.4 is 5.32 Å². The normalized spacial score (nSPS) is 12.1. The van der Waals surface area contributed by atoms with Gasteiger partial charge in [0.25, 0.3) is 5.91 Å². The van der Waals surface area contributed by atoms with Crippen LogP contribution in [-0.4, -0.2) is 24.0 Å². The third-order valence-corrected chi connectivity index (χ3v) is 4.88. The maximum Gasteiger partial charge on any atom is 0.337 e. The predicted molar refractivity (Wildman–Crippen MR) is 117 cm³/mol. The molecule has 0 saturated carbocycles. The minimum Gasteiger partial charge on any atom is -0.465 e. The van der Waals surface area contributed by atoms with E-state index < -0.39 is 5.83 Å². The lowest BCUT2D eigenvalue weighted by Gasteiger charge is -2.06. The van der Waals surface area contributed by atoms with E-state index in [2.05, 4.69) is 10.3 Å². The fraction of sp³-hybridized carbons (Fsp3) is 0.174. The van der Waals surface area contributed by atoms with E-state index in [0.717, 1.165) is 10.6 Å². The monoisotopic (exact) mass is 426 g/mol. The molecule has 156 valence electrons. The van der Waals surface area contributed by atoms with Crippen molar-refractivity contribution in [1.29, 1.82) is 0 Å². The van der Waals surface area contributed by atoms with Gasteiger partial charge in [-0.3, -0.25) is 4.79 Å². The van der Waals surface area contributed by atoms with Crippen LogP contribution in [0, 0.1) is 0 Å². The molecule has 1 aromatic carbocycles. The number of methoxy groups -OCH3 is 1. The summed E-state index contributed by atoms with van der Waals surface area (Å²) in [5, 5.41) is 3.44. The number of hydrogen-bond donors (Lipinski definition) is 1. The van der Waals surface area contributed by atoms with Crippen LogP contribution in [0.5, 0.6) is 0 Å². The van der Waals surface area contributed by atoms with Crippen molar-refractivity contribution in [2.45, 2.75) is 24.6 Å². The van der Waals surface area contributed by atoms with E-state index in [-0.39, 0.29) is 11.9 Å². The molecule has 0 saturated heterocycles. The van der Waals surface area contributed by atoms with Gasteiger partial charge in [-0.25, -0.2) is 14.2 Å². The molecule has 1 aromatic heterocycles. The maximum absolute atomic E-state index is 13.3. The van der Waals surface area contributed by atoms with Crippen molar-refractivity contribution in [1.82, 2.24) is 10.3 Å². The summed E-state index contributed by atoms with van der Waals surface area (Å²) in [7, 11) is 1.35. The number of aromatic nitrogens is 1. The third kappa shape index (κ3) is 7.33. The van der Waals surface area contributed by atoms with Gasteiger partial charge in [0.1, 0.15) is 5.83 Å². The van der Waals surface area contributed by atoms with Crippen LogP contribution >= 0.6 is 11.8 Å². The molecule has 2 aromatic rings. The molecule has 1 heterocycles. The second-order valence-electron chi connectivity index (χ2n) is 6.22. The average molecular weight is 427 g/mol. The average Bonchev–Trinajstić information content (AvgIpc) is 2.76. The number of carbonyl (C=O) groups excluding carboxylic acids is 2. The fourth-order valence-electron chi connectivity index (χ4n) is 2.38. The first-order chi connectivity index (χ1) is 14.4. The molecular weight excluding hydrogens is 403 g/mol. The summed E-state index contributed by atoms with van der Waals surface area (Å²) in [6, 6.07) is 10.6. The predicted octanol–water partition coefficient (Wildman–Crippen LogP) is 5.22. The van der Waals surface area contributed by atoms with Crippen LogP contribution in [-0.2, 0) is 10.5 Å². The number of nitrogens with one attached hydrogen (secondary N) is 1. The number of benzene rings is 1. The van der Waals surface area contributed by atoms with Gasteiger partial charge in [-0.05, 0) is 61.9 Å². The number of allylic oxidation sites excluding steroid dienone is 6. The Bertz CT molecular complexity index is 982. The van der Waals surface area contributed by atoms with Crippen molar-refractivity contribution < 1.29 is 18.7 Å². The van der Waals surface area contributed by atoms with E-state index in [1.165, 1.54) is 43.3 Å². The minimum atomic E-state index is -0.397. The summed E-state index contributed by atoms with van der Waals surface area (Å²) in [5.74, 6) is -0.473. The van der Waals surface area contributed by atoms with E-state index >= 15 is 0 Å². The summed E-state index contributed by atoms with van der Waals surface area (Å²) in [4.78, 5) is 28.2. The van der Waals surface area contributed by atoms with E-state index in [0.29, 0.717) is 22.6 Å². The van der Waals surface area contributed by atoms with E-state index in [9.17, 15) is 14.0 Å². The molecule has 0 aliphatic rings. The third-order valence-electron chi connectivity index (χ3n) is 3.86. The van der Waals surface area contributed by atoms with Gasteiger partial charge in [0.2, 0.25) is 0 Å². The van der Waals surface area contributed by atoms with Crippen LogP contribution in [0.1, 0.15) is 40.1 Å². The molecular formula is C23H23FN2O3S. The summed E-state index contributed by atoms with van der Waals surface area (Å²) < 4.78 is 18.1. The highest BCUT2D eigenvalue weighted by Gasteiger charge is 2.08. The van der Waals surface area contributed by atoms with Gasteiger partial charge in [0.15, 0.2) is 0 Å². The number of thioether (sulfide) groups is 1. The topological polar surface area (TPSA) is 68.3 Å². The summed E-state index contributed by atoms with van der Waals surface area (Å²) in [6.07, 6.45) is 7.19. The Labute approximate surface area is 179 Å². The summed E-state index contributed by atoms with van der Waals surface area (Å²) in [6.45, 7) is 3.40. The number of pyridine rings is 1. The van der Waals surface area contributed by atoms with Gasteiger partial charge in [0, 0.05) is 17.6 Å². The van der Waals surface area contributed by atoms with Gasteiger partial charge in [-0.2, -0.15) is 0 Å². The van der Waals surface area contributed by atoms with Gasteiger partial charge in [-0.15, -0.1) is 11.8 Å². The van der Waals surface area contributed by atoms with Crippen molar-refractivity contribution in [2.75, 3.05) is 7.11 Å². The SMILES string of the molecule is C\C=C/C(F)=C\C=C(/C)NC(=O)c1ccc(SCc2cccc(C(=O)OC)c2)nc1. The molecule has 30 heavy (non-hydrogen) atoms. The van der Waals surface area contributed by atoms with Crippen LogP contribution in [0.25, 0.3) is 0 Å². The molecule has 0 fully saturated rings. The molecule has 2 rings (SSSR count). The smallest absolute Gasteiger partial charge is 0.337 e. The lowest BCUT2D eigenvalue weighted by molar-refractivity contribution is 0.0600. The molecule has 1 N–H and O–H groups in total. The fourth-order valence-corrected chi connectivity index (χ4v) is 3.16. The first kappa shape index (κ1) is 23.1. The number of amides is 1. The molecule has 0 aliphatic heterocycles. The highest BCUT2D eigenvalue weighted by Crippen LogP contribution is 2.21. The zero-order valence-corrected chi connectivity index (χ0v) is 17.8. The van der Waals surface area contributed by atoms with Gasteiger partial charge in [-0.1, -0.05) is 18.2 Å². The number of halogens is 1. The van der Waals surface area contributed by atoms with Gasteiger partial charge < -0.3 is 10.1 Å².